The molecule has 0 spiro atoms. The number of hydrogen-bond donors (Lipinski definition) is 0. The van der Waals surface area contributed by atoms with Crippen LogP contribution in [0.4, 0.5) is 0 Å². The first-order valence-electron chi connectivity index (χ1n) is 12.0. The number of amides is 1. The SMILES string of the molecule is Cc1cc(C)c(S(=O)(=O)N(CC(=O)N2CCc3sccc3C2c2ccc(Cl)cc2Cl)C2CC2)c(C)c1. The summed E-state index contributed by atoms with van der Waals surface area (Å²) in [5.74, 6) is -0.222. The molecule has 36 heavy (non-hydrogen) atoms. The molecule has 1 fully saturated rings. The van der Waals surface area contributed by atoms with E-state index >= 15 is 0 Å². The number of thiophene rings is 1. The molecule has 0 saturated heterocycles. The summed E-state index contributed by atoms with van der Waals surface area (Å²) in [6.45, 7) is 5.90. The van der Waals surface area contributed by atoms with E-state index in [1.54, 1.807) is 28.4 Å². The van der Waals surface area contributed by atoms with Crippen molar-refractivity contribution >= 4 is 50.5 Å². The van der Waals surface area contributed by atoms with E-state index in [1.807, 2.05) is 50.4 Å². The van der Waals surface area contributed by atoms with Gasteiger partial charge in [-0.1, -0.05) is 47.0 Å². The van der Waals surface area contributed by atoms with Gasteiger partial charge in [-0.25, -0.2) is 8.42 Å². The Bertz CT molecular complexity index is 1420. The number of benzene rings is 2. The highest BCUT2D eigenvalue weighted by atomic mass is 35.5. The smallest absolute Gasteiger partial charge is 0.244 e. The largest absolute Gasteiger partial charge is 0.330 e. The second-order valence-electron chi connectivity index (χ2n) is 9.71. The molecule has 0 bridgehead atoms. The molecule has 2 aromatic carbocycles. The Morgan fingerprint density at radius 3 is 2.39 bits per heavy atom. The maximum Gasteiger partial charge on any atom is 0.244 e. The fraction of sp³-hybridized carbons (Fsp3) is 0.370. The van der Waals surface area contributed by atoms with Crippen LogP contribution in [0, 0.1) is 20.8 Å². The van der Waals surface area contributed by atoms with E-state index in [0.29, 0.717) is 32.6 Å². The fourth-order valence-corrected chi connectivity index (χ4v) is 8.80. The van der Waals surface area contributed by atoms with Crippen molar-refractivity contribution in [2.45, 2.75) is 57.0 Å². The van der Waals surface area contributed by atoms with Crippen molar-refractivity contribution in [2.24, 2.45) is 0 Å². The third kappa shape index (κ3) is 4.72. The summed E-state index contributed by atoms with van der Waals surface area (Å²) in [6.07, 6.45) is 2.25. The average Bonchev–Trinajstić information content (AvgIpc) is 3.51. The van der Waals surface area contributed by atoms with Crippen LogP contribution < -0.4 is 0 Å². The van der Waals surface area contributed by atoms with E-state index in [9.17, 15) is 13.2 Å². The highest BCUT2D eigenvalue weighted by Gasteiger charge is 2.43. The van der Waals surface area contributed by atoms with Gasteiger partial charge in [0.05, 0.1) is 17.5 Å². The van der Waals surface area contributed by atoms with Crippen molar-refractivity contribution in [3.63, 3.8) is 0 Å². The van der Waals surface area contributed by atoms with Gasteiger partial charge in [0.2, 0.25) is 15.9 Å². The van der Waals surface area contributed by atoms with E-state index in [1.165, 1.54) is 9.18 Å². The first kappa shape index (κ1) is 25.7. The summed E-state index contributed by atoms with van der Waals surface area (Å²) in [4.78, 5) is 17.2. The lowest BCUT2D eigenvalue weighted by molar-refractivity contribution is -0.133. The molecule has 2 aliphatic rings. The van der Waals surface area contributed by atoms with Crippen molar-refractivity contribution < 1.29 is 13.2 Å². The molecule has 190 valence electrons. The van der Waals surface area contributed by atoms with E-state index in [0.717, 1.165) is 36.0 Å². The molecule has 1 aromatic heterocycles. The zero-order valence-corrected chi connectivity index (χ0v) is 23.6. The van der Waals surface area contributed by atoms with Crippen LogP contribution in [-0.2, 0) is 21.2 Å². The van der Waals surface area contributed by atoms with Gasteiger partial charge in [-0.15, -0.1) is 11.3 Å². The zero-order chi connectivity index (χ0) is 25.8. The van der Waals surface area contributed by atoms with Gasteiger partial charge in [-0.05, 0) is 85.9 Å². The third-order valence-electron chi connectivity index (χ3n) is 6.96. The molecule has 9 heteroatoms. The molecule has 5 nitrogen and oxygen atoms in total. The molecule has 0 N–H and O–H groups in total. The molecule has 1 aliphatic carbocycles. The van der Waals surface area contributed by atoms with Gasteiger partial charge in [0, 0.05) is 27.5 Å². The van der Waals surface area contributed by atoms with Gasteiger partial charge < -0.3 is 4.90 Å². The first-order chi connectivity index (χ1) is 17.1. The number of nitrogens with zero attached hydrogens (tertiary/aromatic N) is 2. The van der Waals surface area contributed by atoms with Crippen LogP contribution in [0.25, 0.3) is 0 Å². The number of rotatable bonds is 6. The molecule has 1 aliphatic heterocycles. The highest BCUT2D eigenvalue weighted by molar-refractivity contribution is 7.89. The standard InChI is InChI=1S/C27H28Cl2N2O3S2/c1-16-12-17(2)27(18(3)13-16)36(33,34)31(20-5-6-20)15-25(32)30-10-8-24-22(9-11-35-24)26(30)21-7-4-19(28)14-23(21)29/h4,7,9,11-14,20,26H,5-6,8,10,15H2,1-3H3. The minimum atomic E-state index is -3.85. The van der Waals surface area contributed by atoms with Crippen LogP contribution in [0.1, 0.15) is 51.6 Å². The number of sulfonamides is 1. The molecule has 1 amide bonds. The lowest BCUT2D eigenvalue weighted by Gasteiger charge is -2.38. The summed E-state index contributed by atoms with van der Waals surface area (Å²) in [5, 5.41) is 3.04. The van der Waals surface area contributed by atoms with Gasteiger partial charge in [-0.2, -0.15) is 4.31 Å². The van der Waals surface area contributed by atoms with Crippen molar-refractivity contribution in [1.29, 1.82) is 0 Å². The minimum Gasteiger partial charge on any atom is -0.330 e. The maximum absolute atomic E-state index is 13.9. The van der Waals surface area contributed by atoms with Crippen molar-refractivity contribution in [2.75, 3.05) is 13.1 Å². The normalized spacial score (nSPS) is 17.9. The van der Waals surface area contributed by atoms with Crippen molar-refractivity contribution in [3.8, 4) is 0 Å². The summed E-state index contributed by atoms with van der Waals surface area (Å²) >= 11 is 14.4. The molecular weight excluding hydrogens is 535 g/mol. The van der Waals surface area contributed by atoms with Gasteiger partial charge in [0.15, 0.2) is 0 Å². The summed E-state index contributed by atoms with van der Waals surface area (Å²) in [6, 6.07) is 10.6. The van der Waals surface area contributed by atoms with Crippen LogP contribution in [0.3, 0.4) is 0 Å². The van der Waals surface area contributed by atoms with E-state index in [4.69, 9.17) is 23.2 Å². The second-order valence-corrected chi connectivity index (χ2v) is 13.4. The van der Waals surface area contributed by atoms with E-state index < -0.39 is 10.0 Å². The highest BCUT2D eigenvalue weighted by Crippen LogP contribution is 2.42. The molecular formula is C27H28Cl2N2O3S2. The Balaban J connectivity index is 1.51. The van der Waals surface area contributed by atoms with Crippen LogP contribution >= 0.6 is 34.5 Å². The molecule has 3 aromatic rings. The Hall–Kier alpha value is -1.90. The average molecular weight is 564 g/mol. The van der Waals surface area contributed by atoms with Gasteiger partial charge >= 0.3 is 0 Å². The molecule has 0 radical (unpaired) electrons. The monoisotopic (exact) mass is 562 g/mol. The number of aryl methyl sites for hydroxylation is 3. The minimum absolute atomic E-state index is 0.155. The number of carbonyl (C=O) groups excluding carboxylic acids is 1. The third-order valence-corrected chi connectivity index (χ3v) is 10.7. The van der Waals surface area contributed by atoms with Crippen LogP contribution in [0.2, 0.25) is 10.0 Å². The quantitative estimate of drug-likeness (QED) is 0.353. The van der Waals surface area contributed by atoms with Gasteiger partial charge in [0.25, 0.3) is 0 Å². The zero-order valence-electron chi connectivity index (χ0n) is 20.4. The van der Waals surface area contributed by atoms with Gasteiger partial charge in [0.1, 0.15) is 0 Å². The Morgan fingerprint density at radius 2 is 1.75 bits per heavy atom. The second kappa shape index (κ2) is 9.76. The summed E-state index contributed by atoms with van der Waals surface area (Å²) in [5.41, 5.74) is 4.25. The van der Waals surface area contributed by atoms with Crippen LogP contribution in [0.15, 0.2) is 46.7 Å². The van der Waals surface area contributed by atoms with E-state index in [2.05, 4.69) is 0 Å². The van der Waals surface area contributed by atoms with E-state index in [-0.39, 0.29) is 24.5 Å². The first-order valence-corrected chi connectivity index (χ1v) is 15.1. The molecule has 1 saturated carbocycles. The Kier molecular flexibility index (Phi) is 6.98. The number of carbonyl (C=O) groups is 1. The molecule has 5 rings (SSSR count). The Labute approximate surface area is 226 Å². The van der Waals surface area contributed by atoms with Gasteiger partial charge in [-0.3, -0.25) is 4.79 Å². The lowest BCUT2D eigenvalue weighted by Crippen LogP contribution is -2.47. The fourth-order valence-electron chi connectivity index (χ4n) is 5.33. The molecule has 1 atom stereocenters. The maximum atomic E-state index is 13.9. The topological polar surface area (TPSA) is 57.7 Å². The molecule has 1 unspecified atom stereocenters. The number of fused-ring (bicyclic) bond motifs is 1. The number of halogens is 2. The van der Waals surface area contributed by atoms with Crippen LogP contribution in [0.5, 0.6) is 0 Å². The molecule has 2 heterocycles. The predicted molar refractivity (Wildman–Crippen MR) is 146 cm³/mol. The van der Waals surface area contributed by atoms with Crippen molar-refractivity contribution in [1.82, 2.24) is 9.21 Å². The van der Waals surface area contributed by atoms with Crippen molar-refractivity contribution in [3.05, 3.63) is 84.5 Å². The van der Waals surface area contributed by atoms with Crippen LogP contribution in [-0.4, -0.2) is 42.7 Å². The summed E-state index contributed by atoms with van der Waals surface area (Å²) in [7, 11) is -3.85. The number of hydrogen-bond acceptors (Lipinski definition) is 4. The lowest BCUT2D eigenvalue weighted by atomic mass is 9.93. The summed E-state index contributed by atoms with van der Waals surface area (Å²) < 4.78 is 29.2. The predicted octanol–water partition coefficient (Wildman–Crippen LogP) is 6.31. The Morgan fingerprint density at radius 1 is 1.06 bits per heavy atom.